The summed E-state index contributed by atoms with van der Waals surface area (Å²) in [6.45, 7) is 6.70. The number of hydrogen-bond donors (Lipinski definition) is 1. The summed E-state index contributed by atoms with van der Waals surface area (Å²) in [6.07, 6.45) is 0.568. The Balaban J connectivity index is 2.07. The number of hydrogen-bond acceptors (Lipinski definition) is 2. The Labute approximate surface area is 139 Å². The molecule has 0 radical (unpaired) electrons. The highest BCUT2D eigenvalue weighted by atomic mass is 16.2. The van der Waals surface area contributed by atoms with Gasteiger partial charge in [0.1, 0.15) is 0 Å². The zero-order valence-electron chi connectivity index (χ0n) is 14.2. The summed E-state index contributed by atoms with van der Waals surface area (Å²) >= 11 is 0. The van der Waals surface area contributed by atoms with Crippen molar-refractivity contribution in [2.24, 2.45) is 5.73 Å². The molecule has 23 heavy (non-hydrogen) atoms. The standard InChI is InChI=1S/C20H26N2O/c1-15(2)22(14-17-9-5-4-6-10-17)20(23)19(21)13-18-11-7-8-16(3)12-18/h4-12,15,19H,13-14,21H2,1-3H3. The molecule has 0 aliphatic rings. The quantitative estimate of drug-likeness (QED) is 0.890. The second-order valence-corrected chi connectivity index (χ2v) is 6.35. The monoisotopic (exact) mass is 310 g/mol. The van der Waals surface area contributed by atoms with Gasteiger partial charge in [0.25, 0.3) is 0 Å². The van der Waals surface area contributed by atoms with Gasteiger partial charge < -0.3 is 10.6 Å². The summed E-state index contributed by atoms with van der Waals surface area (Å²) in [7, 11) is 0. The van der Waals surface area contributed by atoms with Gasteiger partial charge in [0.15, 0.2) is 0 Å². The minimum atomic E-state index is -0.511. The van der Waals surface area contributed by atoms with Gasteiger partial charge in [0.2, 0.25) is 5.91 Å². The van der Waals surface area contributed by atoms with E-state index in [2.05, 4.69) is 6.07 Å². The zero-order chi connectivity index (χ0) is 16.8. The molecule has 0 saturated carbocycles. The first-order valence-electron chi connectivity index (χ1n) is 8.13. The van der Waals surface area contributed by atoms with E-state index in [9.17, 15) is 4.79 Å². The average molecular weight is 310 g/mol. The van der Waals surface area contributed by atoms with Crippen LogP contribution in [0.1, 0.15) is 30.5 Å². The second kappa shape index (κ2) is 7.93. The average Bonchev–Trinajstić information content (AvgIpc) is 2.52. The molecule has 2 rings (SSSR count). The van der Waals surface area contributed by atoms with Crippen LogP contribution in [0, 0.1) is 6.92 Å². The fourth-order valence-electron chi connectivity index (χ4n) is 2.69. The Morgan fingerprint density at radius 3 is 2.30 bits per heavy atom. The third kappa shape index (κ3) is 4.93. The number of carbonyl (C=O) groups excluding carboxylic acids is 1. The van der Waals surface area contributed by atoms with E-state index in [1.165, 1.54) is 5.56 Å². The van der Waals surface area contributed by atoms with E-state index < -0.39 is 6.04 Å². The Bertz CT molecular complexity index is 637. The summed E-state index contributed by atoms with van der Waals surface area (Å²) in [4.78, 5) is 14.6. The topological polar surface area (TPSA) is 46.3 Å². The molecule has 0 spiro atoms. The van der Waals surface area contributed by atoms with Crippen molar-refractivity contribution in [1.82, 2.24) is 4.90 Å². The van der Waals surface area contributed by atoms with Crippen LogP contribution in [0.3, 0.4) is 0 Å². The van der Waals surface area contributed by atoms with Crippen LogP contribution in [0.25, 0.3) is 0 Å². The Morgan fingerprint density at radius 1 is 1.04 bits per heavy atom. The Kier molecular flexibility index (Phi) is 5.94. The number of amides is 1. The molecule has 0 heterocycles. The maximum Gasteiger partial charge on any atom is 0.240 e. The van der Waals surface area contributed by atoms with Gasteiger partial charge in [-0.2, -0.15) is 0 Å². The molecule has 0 saturated heterocycles. The summed E-state index contributed by atoms with van der Waals surface area (Å²) < 4.78 is 0. The molecule has 0 aliphatic heterocycles. The first-order chi connectivity index (χ1) is 11.0. The van der Waals surface area contributed by atoms with Gasteiger partial charge in [-0.3, -0.25) is 4.79 Å². The molecular weight excluding hydrogens is 284 g/mol. The maximum atomic E-state index is 12.8. The van der Waals surface area contributed by atoms with Crippen molar-refractivity contribution >= 4 is 5.91 Å². The van der Waals surface area contributed by atoms with Crippen molar-refractivity contribution < 1.29 is 4.79 Å². The van der Waals surface area contributed by atoms with E-state index in [1.807, 2.05) is 74.2 Å². The van der Waals surface area contributed by atoms with E-state index in [4.69, 9.17) is 5.73 Å². The van der Waals surface area contributed by atoms with Gasteiger partial charge in [0.05, 0.1) is 6.04 Å². The van der Waals surface area contributed by atoms with E-state index in [1.54, 1.807) is 0 Å². The molecule has 122 valence electrons. The Morgan fingerprint density at radius 2 is 1.70 bits per heavy atom. The highest BCUT2D eigenvalue weighted by Crippen LogP contribution is 2.12. The highest BCUT2D eigenvalue weighted by molar-refractivity contribution is 5.82. The highest BCUT2D eigenvalue weighted by Gasteiger charge is 2.23. The third-order valence-electron chi connectivity index (χ3n) is 3.96. The molecule has 1 atom stereocenters. The van der Waals surface area contributed by atoms with Gasteiger partial charge in [-0.25, -0.2) is 0 Å². The number of aryl methyl sites for hydroxylation is 1. The summed E-state index contributed by atoms with van der Waals surface area (Å²) in [5.41, 5.74) is 9.62. The summed E-state index contributed by atoms with van der Waals surface area (Å²) in [5.74, 6) is 0.00496. The molecule has 1 amide bonds. The normalized spacial score (nSPS) is 12.2. The van der Waals surface area contributed by atoms with E-state index in [0.717, 1.165) is 11.1 Å². The van der Waals surface area contributed by atoms with Gasteiger partial charge >= 0.3 is 0 Å². The predicted molar refractivity (Wildman–Crippen MR) is 95.0 cm³/mol. The summed E-state index contributed by atoms with van der Waals surface area (Å²) in [6, 6.07) is 17.8. The number of nitrogens with zero attached hydrogens (tertiary/aromatic N) is 1. The van der Waals surface area contributed by atoms with Gasteiger partial charge in [-0.05, 0) is 38.3 Å². The molecular formula is C20H26N2O. The predicted octanol–water partition coefficient (Wildman–Crippen LogP) is 3.30. The summed E-state index contributed by atoms with van der Waals surface area (Å²) in [5, 5.41) is 0. The van der Waals surface area contributed by atoms with E-state index >= 15 is 0 Å². The molecule has 0 bridgehead atoms. The fraction of sp³-hybridized carbons (Fsp3) is 0.350. The van der Waals surface area contributed by atoms with Crippen LogP contribution in [-0.2, 0) is 17.8 Å². The van der Waals surface area contributed by atoms with Gasteiger partial charge in [0, 0.05) is 12.6 Å². The van der Waals surface area contributed by atoms with Crippen molar-refractivity contribution in [1.29, 1.82) is 0 Å². The molecule has 3 nitrogen and oxygen atoms in total. The molecule has 2 aromatic carbocycles. The van der Waals surface area contributed by atoms with Crippen molar-refractivity contribution in [3.63, 3.8) is 0 Å². The molecule has 2 N–H and O–H groups in total. The SMILES string of the molecule is Cc1cccc(CC(N)C(=O)N(Cc2ccccc2)C(C)C)c1. The van der Waals surface area contributed by atoms with E-state index in [-0.39, 0.29) is 11.9 Å². The number of benzene rings is 2. The molecule has 0 aliphatic carbocycles. The van der Waals surface area contributed by atoms with Crippen LogP contribution in [0.15, 0.2) is 54.6 Å². The minimum Gasteiger partial charge on any atom is -0.335 e. The number of rotatable bonds is 6. The van der Waals surface area contributed by atoms with Gasteiger partial charge in [-0.1, -0.05) is 60.2 Å². The lowest BCUT2D eigenvalue weighted by atomic mass is 10.0. The first-order valence-corrected chi connectivity index (χ1v) is 8.13. The van der Waals surface area contributed by atoms with Crippen LogP contribution in [-0.4, -0.2) is 22.9 Å². The smallest absolute Gasteiger partial charge is 0.240 e. The molecule has 3 heteroatoms. The van der Waals surface area contributed by atoms with Crippen LogP contribution in [0.5, 0.6) is 0 Å². The molecule has 2 aromatic rings. The van der Waals surface area contributed by atoms with Crippen molar-refractivity contribution in [3.8, 4) is 0 Å². The Hall–Kier alpha value is -2.13. The maximum absolute atomic E-state index is 12.8. The second-order valence-electron chi connectivity index (χ2n) is 6.35. The molecule has 0 aromatic heterocycles. The molecule has 1 unspecified atom stereocenters. The van der Waals surface area contributed by atoms with E-state index in [0.29, 0.717) is 13.0 Å². The van der Waals surface area contributed by atoms with Crippen LogP contribution < -0.4 is 5.73 Å². The van der Waals surface area contributed by atoms with Crippen molar-refractivity contribution in [2.45, 2.75) is 45.8 Å². The van der Waals surface area contributed by atoms with Crippen LogP contribution >= 0.6 is 0 Å². The molecule has 0 fully saturated rings. The van der Waals surface area contributed by atoms with Crippen molar-refractivity contribution in [2.75, 3.05) is 0 Å². The lowest BCUT2D eigenvalue weighted by molar-refractivity contribution is -0.135. The lowest BCUT2D eigenvalue weighted by Gasteiger charge is -2.29. The third-order valence-corrected chi connectivity index (χ3v) is 3.96. The van der Waals surface area contributed by atoms with Crippen molar-refractivity contribution in [3.05, 3.63) is 71.3 Å². The minimum absolute atomic E-state index is 0.00496. The lowest BCUT2D eigenvalue weighted by Crippen LogP contribution is -2.47. The number of carbonyl (C=O) groups is 1. The fourth-order valence-corrected chi connectivity index (χ4v) is 2.69. The van der Waals surface area contributed by atoms with Gasteiger partial charge in [-0.15, -0.1) is 0 Å². The van der Waals surface area contributed by atoms with Crippen LogP contribution in [0.2, 0.25) is 0 Å². The largest absolute Gasteiger partial charge is 0.335 e. The zero-order valence-corrected chi connectivity index (χ0v) is 14.2. The van der Waals surface area contributed by atoms with Crippen LogP contribution in [0.4, 0.5) is 0 Å². The number of nitrogens with two attached hydrogens (primary N) is 1. The first kappa shape index (κ1) is 17.2.